The van der Waals surface area contributed by atoms with Gasteiger partial charge in [0.25, 0.3) is 10.0 Å². The average molecular weight is 466 g/mol. The van der Waals surface area contributed by atoms with E-state index in [0.717, 1.165) is 15.8 Å². The first-order chi connectivity index (χ1) is 15.4. The van der Waals surface area contributed by atoms with E-state index in [1.165, 1.54) is 11.3 Å². The molecule has 1 heterocycles. The summed E-state index contributed by atoms with van der Waals surface area (Å²) in [5.74, 6) is -0.326. The number of aryl methyl sites for hydroxylation is 1. The SMILES string of the molecule is CC[C@@H](C(=O)Nc1ccc2nc(NS(=O)(=O)c3ccc(C)cc3)sc2c1)c1ccccc1. The number of sulfonamides is 1. The lowest BCUT2D eigenvalue weighted by Crippen LogP contribution is -2.20. The van der Waals surface area contributed by atoms with E-state index in [0.29, 0.717) is 17.6 Å². The molecule has 0 aliphatic carbocycles. The molecule has 0 fully saturated rings. The van der Waals surface area contributed by atoms with Crippen LogP contribution in [0, 0.1) is 6.92 Å². The van der Waals surface area contributed by atoms with Gasteiger partial charge in [-0.2, -0.15) is 0 Å². The third-order valence-corrected chi connectivity index (χ3v) is 7.55. The van der Waals surface area contributed by atoms with Crippen molar-refractivity contribution < 1.29 is 13.2 Å². The van der Waals surface area contributed by atoms with Crippen molar-refractivity contribution in [2.75, 3.05) is 10.0 Å². The Balaban J connectivity index is 1.53. The second kappa shape index (κ2) is 9.10. The second-order valence-electron chi connectivity index (χ2n) is 7.48. The topological polar surface area (TPSA) is 88.2 Å². The molecule has 32 heavy (non-hydrogen) atoms. The van der Waals surface area contributed by atoms with Crippen LogP contribution in [-0.2, 0) is 14.8 Å². The third-order valence-electron chi connectivity index (χ3n) is 5.14. The van der Waals surface area contributed by atoms with Gasteiger partial charge in [0.15, 0.2) is 5.13 Å². The van der Waals surface area contributed by atoms with Crippen LogP contribution in [0.1, 0.15) is 30.4 Å². The zero-order chi connectivity index (χ0) is 22.7. The van der Waals surface area contributed by atoms with Gasteiger partial charge >= 0.3 is 0 Å². The van der Waals surface area contributed by atoms with Crippen molar-refractivity contribution >= 4 is 48.3 Å². The van der Waals surface area contributed by atoms with Crippen LogP contribution < -0.4 is 10.0 Å². The van der Waals surface area contributed by atoms with Gasteiger partial charge in [0, 0.05) is 5.69 Å². The number of carbonyl (C=O) groups is 1. The van der Waals surface area contributed by atoms with E-state index in [-0.39, 0.29) is 21.9 Å². The van der Waals surface area contributed by atoms with Gasteiger partial charge in [-0.05, 0) is 49.2 Å². The summed E-state index contributed by atoms with van der Waals surface area (Å²) >= 11 is 1.22. The summed E-state index contributed by atoms with van der Waals surface area (Å²) in [6.07, 6.45) is 0.684. The van der Waals surface area contributed by atoms with Crippen molar-refractivity contribution in [2.24, 2.45) is 0 Å². The van der Waals surface area contributed by atoms with Crippen LogP contribution in [0.25, 0.3) is 10.2 Å². The average Bonchev–Trinajstić information content (AvgIpc) is 3.16. The minimum atomic E-state index is -3.72. The molecular weight excluding hydrogens is 442 g/mol. The van der Waals surface area contributed by atoms with E-state index in [9.17, 15) is 13.2 Å². The van der Waals surface area contributed by atoms with Crippen LogP contribution in [0.5, 0.6) is 0 Å². The Morgan fingerprint density at radius 1 is 1.03 bits per heavy atom. The number of carbonyl (C=O) groups excluding carboxylic acids is 1. The fourth-order valence-electron chi connectivity index (χ4n) is 3.42. The maximum absolute atomic E-state index is 12.8. The van der Waals surface area contributed by atoms with Crippen LogP contribution in [0.3, 0.4) is 0 Å². The van der Waals surface area contributed by atoms with E-state index < -0.39 is 10.0 Å². The molecule has 6 nitrogen and oxygen atoms in total. The van der Waals surface area contributed by atoms with Gasteiger partial charge in [-0.3, -0.25) is 9.52 Å². The highest BCUT2D eigenvalue weighted by molar-refractivity contribution is 7.93. The summed E-state index contributed by atoms with van der Waals surface area (Å²) in [5, 5.41) is 3.25. The molecule has 8 heteroatoms. The summed E-state index contributed by atoms with van der Waals surface area (Å²) in [6.45, 7) is 3.88. The van der Waals surface area contributed by atoms with Crippen LogP contribution in [0.2, 0.25) is 0 Å². The Bertz CT molecular complexity index is 1350. The van der Waals surface area contributed by atoms with E-state index in [2.05, 4.69) is 15.0 Å². The predicted molar refractivity (Wildman–Crippen MR) is 130 cm³/mol. The number of nitrogens with one attached hydrogen (secondary N) is 2. The quantitative estimate of drug-likeness (QED) is 0.375. The summed E-state index contributed by atoms with van der Waals surface area (Å²) in [4.78, 5) is 17.4. The molecule has 0 radical (unpaired) electrons. The Hall–Kier alpha value is -3.23. The van der Waals surface area contributed by atoms with Crippen LogP contribution in [0.15, 0.2) is 77.7 Å². The number of nitrogens with zero attached hydrogens (tertiary/aromatic N) is 1. The lowest BCUT2D eigenvalue weighted by atomic mass is 9.95. The first-order valence-electron chi connectivity index (χ1n) is 10.2. The van der Waals surface area contributed by atoms with Crippen LogP contribution in [0.4, 0.5) is 10.8 Å². The predicted octanol–water partition coefficient (Wildman–Crippen LogP) is 5.54. The lowest BCUT2D eigenvalue weighted by Gasteiger charge is -2.15. The van der Waals surface area contributed by atoms with Crippen molar-refractivity contribution in [3.8, 4) is 0 Å². The lowest BCUT2D eigenvalue weighted by molar-refractivity contribution is -0.117. The monoisotopic (exact) mass is 465 g/mol. The van der Waals surface area contributed by atoms with Gasteiger partial charge in [-0.15, -0.1) is 0 Å². The van der Waals surface area contributed by atoms with Gasteiger partial charge in [-0.1, -0.05) is 66.3 Å². The molecule has 1 amide bonds. The number of thiazole rings is 1. The van der Waals surface area contributed by atoms with E-state index in [1.807, 2.05) is 50.2 Å². The highest BCUT2D eigenvalue weighted by Crippen LogP contribution is 2.30. The van der Waals surface area contributed by atoms with Gasteiger partial charge in [-0.25, -0.2) is 13.4 Å². The van der Waals surface area contributed by atoms with Crippen molar-refractivity contribution in [3.63, 3.8) is 0 Å². The minimum absolute atomic E-state index is 0.0807. The fourth-order valence-corrected chi connectivity index (χ4v) is 5.56. The van der Waals surface area contributed by atoms with Gasteiger partial charge in [0.1, 0.15) is 0 Å². The molecule has 164 valence electrons. The van der Waals surface area contributed by atoms with Crippen LogP contribution in [-0.4, -0.2) is 19.3 Å². The Morgan fingerprint density at radius 2 is 1.75 bits per heavy atom. The van der Waals surface area contributed by atoms with Gasteiger partial charge in [0.05, 0.1) is 21.0 Å². The summed E-state index contributed by atoms with van der Waals surface area (Å²) < 4.78 is 28.6. The van der Waals surface area contributed by atoms with E-state index in [4.69, 9.17) is 0 Å². The normalized spacial score (nSPS) is 12.4. The number of hydrogen-bond acceptors (Lipinski definition) is 5. The van der Waals surface area contributed by atoms with Gasteiger partial charge in [0.2, 0.25) is 5.91 Å². The molecule has 4 aromatic rings. The number of rotatable bonds is 7. The maximum Gasteiger partial charge on any atom is 0.263 e. The summed E-state index contributed by atoms with van der Waals surface area (Å²) in [5.41, 5.74) is 3.26. The highest BCUT2D eigenvalue weighted by Gasteiger charge is 2.20. The van der Waals surface area contributed by atoms with Crippen molar-refractivity contribution in [3.05, 3.63) is 83.9 Å². The maximum atomic E-state index is 12.8. The largest absolute Gasteiger partial charge is 0.326 e. The van der Waals surface area contributed by atoms with E-state index in [1.54, 1.807) is 36.4 Å². The third kappa shape index (κ3) is 4.81. The minimum Gasteiger partial charge on any atom is -0.326 e. The molecule has 0 bridgehead atoms. The second-order valence-corrected chi connectivity index (χ2v) is 10.2. The number of fused-ring (bicyclic) bond motifs is 1. The smallest absolute Gasteiger partial charge is 0.263 e. The van der Waals surface area contributed by atoms with Crippen molar-refractivity contribution in [1.29, 1.82) is 0 Å². The molecule has 1 aromatic heterocycles. The molecule has 4 rings (SSSR count). The molecule has 0 spiro atoms. The number of hydrogen-bond donors (Lipinski definition) is 2. The molecule has 0 saturated carbocycles. The summed E-state index contributed by atoms with van der Waals surface area (Å²) in [7, 11) is -3.72. The summed E-state index contributed by atoms with van der Waals surface area (Å²) in [6, 6.07) is 21.7. The number of aromatic nitrogens is 1. The molecule has 3 aromatic carbocycles. The number of amides is 1. The molecule has 1 atom stereocenters. The molecule has 0 unspecified atom stereocenters. The molecule has 0 saturated heterocycles. The zero-order valence-electron chi connectivity index (χ0n) is 17.7. The zero-order valence-corrected chi connectivity index (χ0v) is 19.3. The van der Waals surface area contributed by atoms with Crippen LogP contribution >= 0.6 is 11.3 Å². The molecule has 0 aliphatic rings. The van der Waals surface area contributed by atoms with Crippen molar-refractivity contribution in [2.45, 2.75) is 31.1 Å². The van der Waals surface area contributed by atoms with Gasteiger partial charge < -0.3 is 5.32 Å². The highest BCUT2D eigenvalue weighted by atomic mass is 32.2. The molecule has 2 N–H and O–H groups in total. The Kier molecular flexibility index (Phi) is 6.25. The Morgan fingerprint density at radius 3 is 2.44 bits per heavy atom. The van der Waals surface area contributed by atoms with Crippen molar-refractivity contribution in [1.82, 2.24) is 4.98 Å². The Labute approximate surface area is 191 Å². The number of benzene rings is 3. The standard InChI is InChI=1S/C24H23N3O3S2/c1-3-20(17-7-5-4-6-8-17)23(28)25-18-11-14-21-22(15-18)31-24(26-21)27-32(29,30)19-12-9-16(2)10-13-19/h4-15,20H,3H2,1-2H3,(H,25,28)(H,26,27)/t20-/m1/s1. The van der Waals surface area contributed by atoms with E-state index >= 15 is 0 Å². The fraction of sp³-hybridized carbons (Fsp3) is 0.167. The first-order valence-corrected chi connectivity index (χ1v) is 12.5. The molecule has 0 aliphatic heterocycles. The molecular formula is C24H23N3O3S2. The number of anilines is 2. The first kappa shape index (κ1) is 22.0.